The first-order valence-electron chi connectivity index (χ1n) is 6.87. The summed E-state index contributed by atoms with van der Waals surface area (Å²) in [5.41, 5.74) is 1.77. The predicted molar refractivity (Wildman–Crippen MR) is 79.5 cm³/mol. The molecule has 1 aromatic carbocycles. The Morgan fingerprint density at radius 1 is 1.39 bits per heavy atom. The van der Waals surface area contributed by atoms with Gasteiger partial charge in [0.2, 0.25) is 0 Å². The molecule has 1 aromatic rings. The number of ether oxygens (including phenoxy) is 1. The Hall–Kier alpha value is -2.29. The van der Waals surface area contributed by atoms with Gasteiger partial charge in [0.05, 0.1) is 5.56 Å². The van der Waals surface area contributed by atoms with E-state index < -0.39 is 17.8 Å². The summed E-state index contributed by atoms with van der Waals surface area (Å²) in [5, 5.41) is 6.50. The topological polar surface area (TPSA) is 66.0 Å². The van der Waals surface area contributed by atoms with Crippen LogP contribution in [0.3, 0.4) is 0 Å². The number of carbonyl (C=O) groups excluding carboxylic acids is 1. The van der Waals surface area contributed by atoms with Crippen LogP contribution >= 0.6 is 0 Å². The maximum absolute atomic E-state index is 13.3. The Bertz CT molecular complexity index is 615. The molecule has 0 bridgehead atoms. The first-order chi connectivity index (χ1) is 10.8. The quantitative estimate of drug-likeness (QED) is 0.868. The molecule has 23 heavy (non-hydrogen) atoms. The third-order valence-electron chi connectivity index (χ3n) is 3.15. The zero-order valence-electron chi connectivity index (χ0n) is 12.7. The van der Waals surface area contributed by atoms with Crippen LogP contribution in [0.4, 0.5) is 23.7 Å². The van der Waals surface area contributed by atoms with E-state index in [1.807, 2.05) is 19.0 Å². The van der Waals surface area contributed by atoms with Gasteiger partial charge < -0.3 is 15.0 Å². The number of rotatable bonds is 5. The van der Waals surface area contributed by atoms with Crippen molar-refractivity contribution >= 4 is 17.5 Å². The SMILES string of the molecule is CN(C)CCNc1ccc(C2=NNC(=O)OC2)cc1C(F)(F)F. The van der Waals surface area contributed by atoms with Crippen molar-refractivity contribution in [1.29, 1.82) is 0 Å². The second-order valence-corrected chi connectivity index (χ2v) is 5.23. The first-order valence-corrected chi connectivity index (χ1v) is 6.87. The summed E-state index contributed by atoms with van der Waals surface area (Å²) in [6, 6.07) is 3.86. The molecule has 0 aromatic heterocycles. The minimum Gasteiger partial charge on any atom is -0.442 e. The van der Waals surface area contributed by atoms with Crippen molar-refractivity contribution in [3.8, 4) is 0 Å². The van der Waals surface area contributed by atoms with Gasteiger partial charge in [0, 0.05) is 24.3 Å². The fraction of sp³-hybridized carbons (Fsp3) is 0.429. The molecule has 0 fully saturated rings. The summed E-state index contributed by atoms with van der Waals surface area (Å²) >= 11 is 0. The average Bonchev–Trinajstić information content (AvgIpc) is 2.47. The number of hydrogen-bond acceptors (Lipinski definition) is 5. The molecule has 1 heterocycles. The standard InChI is InChI=1S/C14H17F3N4O2/c1-21(2)6-5-18-11-4-3-9(7-10(11)14(15,16)17)12-8-23-13(22)20-19-12/h3-4,7,18H,5-6,8H2,1-2H3,(H,20,22). The van der Waals surface area contributed by atoms with Gasteiger partial charge in [-0.1, -0.05) is 6.07 Å². The van der Waals surface area contributed by atoms with E-state index in [9.17, 15) is 18.0 Å². The van der Waals surface area contributed by atoms with Crippen molar-refractivity contribution < 1.29 is 22.7 Å². The Morgan fingerprint density at radius 3 is 2.70 bits per heavy atom. The lowest BCUT2D eigenvalue weighted by molar-refractivity contribution is -0.137. The minimum atomic E-state index is -4.50. The van der Waals surface area contributed by atoms with Gasteiger partial charge in [0.15, 0.2) is 0 Å². The summed E-state index contributed by atoms with van der Waals surface area (Å²) in [6.07, 6.45) is -5.23. The number of carbonyl (C=O) groups is 1. The molecule has 0 atom stereocenters. The number of alkyl halides is 3. The fourth-order valence-electron chi connectivity index (χ4n) is 1.99. The number of cyclic esters (lactones) is 1. The summed E-state index contributed by atoms with van der Waals surface area (Å²) in [7, 11) is 3.68. The number of amides is 1. The molecule has 0 unspecified atom stereocenters. The molecular formula is C14H17F3N4O2. The summed E-state index contributed by atoms with van der Waals surface area (Å²) in [4.78, 5) is 12.7. The molecule has 0 radical (unpaired) electrons. The molecular weight excluding hydrogens is 313 g/mol. The Balaban J connectivity index is 2.26. The second-order valence-electron chi connectivity index (χ2n) is 5.23. The van der Waals surface area contributed by atoms with E-state index in [2.05, 4.69) is 15.8 Å². The lowest BCUT2D eigenvalue weighted by Gasteiger charge is -2.19. The largest absolute Gasteiger partial charge is 0.442 e. The van der Waals surface area contributed by atoms with Gasteiger partial charge in [-0.3, -0.25) is 0 Å². The number of hydrogen-bond donors (Lipinski definition) is 2. The van der Waals surface area contributed by atoms with Crippen molar-refractivity contribution in [1.82, 2.24) is 10.3 Å². The second kappa shape index (κ2) is 6.86. The van der Waals surface area contributed by atoms with Crippen LogP contribution < -0.4 is 10.7 Å². The molecule has 0 saturated carbocycles. The molecule has 2 rings (SSSR count). The maximum Gasteiger partial charge on any atom is 0.428 e. The fourth-order valence-corrected chi connectivity index (χ4v) is 1.99. The van der Waals surface area contributed by atoms with Gasteiger partial charge in [-0.05, 0) is 26.2 Å². The van der Waals surface area contributed by atoms with Crippen LogP contribution in [0.25, 0.3) is 0 Å². The molecule has 6 nitrogen and oxygen atoms in total. The Kier molecular flexibility index (Phi) is 5.09. The van der Waals surface area contributed by atoms with Crippen molar-refractivity contribution in [2.45, 2.75) is 6.18 Å². The van der Waals surface area contributed by atoms with Gasteiger partial charge >= 0.3 is 12.3 Å². The van der Waals surface area contributed by atoms with E-state index in [-0.39, 0.29) is 23.6 Å². The van der Waals surface area contributed by atoms with Gasteiger partial charge in [0.25, 0.3) is 0 Å². The van der Waals surface area contributed by atoms with Crippen LogP contribution in [0.2, 0.25) is 0 Å². The zero-order chi connectivity index (χ0) is 17.0. The molecule has 0 spiro atoms. The van der Waals surface area contributed by atoms with E-state index in [0.717, 1.165) is 6.07 Å². The third kappa shape index (κ3) is 4.59. The van der Waals surface area contributed by atoms with Crippen LogP contribution in [0.15, 0.2) is 23.3 Å². The van der Waals surface area contributed by atoms with Crippen molar-refractivity contribution in [3.63, 3.8) is 0 Å². The Morgan fingerprint density at radius 2 is 2.13 bits per heavy atom. The van der Waals surface area contributed by atoms with Crippen LogP contribution in [0.1, 0.15) is 11.1 Å². The molecule has 0 aliphatic carbocycles. The maximum atomic E-state index is 13.3. The first kappa shape index (κ1) is 17.1. The normalized spacial score (nSPS) is 15.0. The highest BCUT2D eigenvalue weighted by Crippen LogP contribution is 2.35. The van der Waals surface area contributed by atoms with Crippen molar-refractivity contribution in [2.75, 3.05) is 39.1 Å². The number of halogens is 3. The van der Waals surface area contributed by atoms with Crippen molar-refractivity contribution in [2.24, 2.45) is 5.10 Å². The van der Waals surface area contributed by atoms with E-state index >= 15 is 0 Å². The van der Waals surface area contributed by atoms with Crippen LogP contribution in [-0.2, 0) is 10.9 Å². The molecule has 0 saturated heterocycles. The highest BCUT2D eigenvalue weighted by Gasteiger charge is 2.34. The van der Waals surface area contributed by atoms with Gasteiger partial charge in [-0.15, -0.1) is 0 Å². The lowest BCUT2D eigenvalue weighted by Crippen LogP contribution is -2.31. The van der Waals surface area contributed by atoms with Crippen LogP contribution in [0.5, 0.6) is 0 Å². The van der Waals surface area contributed by atoms with Crippen LogP contribution in [-0.4, -0.2) is 50.5 Å². The highest BCUT2D eigenvalue weighted by atomic mass is 19.4. The molecule has 9 heteroatoms. The van der Waals surface area contributed by atoms with E-state index in [1.165, 1.54) is 12.1 Å². The minimum absolute atomic E-state index is 0.00413. The number of likely N-dealkylation sites (N-methyl/N-ethyl adjacent to an activating group) is 1. The van der Waals surface area contributed by atoms with Gasteiger partial charge in [0.1, 0.15) is 12.3 Å². The number of hydrazone groups is 1. The van der Waals surface area contributed by atoms with Crippen LogP contribution in [0, 0.1) is 0 Å². The Labute approximate surface area is 131 Å². The van der Waals surface area contributed by atoms with Gasteiger partial charge in [-0.2, -0.15) is 18.3 Å². The monoisotopic (exact) mass is 330 g/mol. The number of benzene rings is 1. The molecule has 1 aliphatic rings. The molecule has 1 amide bonds. The van der Waals surface area contributed by atoms with E-state index in [0.29, 0.717) is 13.1 Å². The molecule has 1 aliphatic heterocycles. The van der Waals surface area contributed by atoms with Gasteiger partial charge in [-0.25, -0.2) is 10.2 Å². The summed E-state index contributed by atoms with van der Waals surface area (Å²) < 4.78 is 44.5. The predicted octanol–water partition coefficient (Wildman–Crippen LogP) is 2.12. The lowest BCUT2D eigenvalue weighted by atomic mass is 10.0. The highest BCUT2D eigenvalue weighted by molar-refractivity contribution is 6.04. The molecule has 2 N–H and O–H groups in total. The average molecular weight is 330 g/mol. The number of nitrogens with zero attached hydrogens (tertiary/aromatic N) is 2. The van der Waals surface area contributed by atoms with E-state index in [1.54, 1.807) is 0 Å². The summed E-state index contributed by atoms with van der Waals surface area (Å²) in [6.45, 7) is 0.817. The number of anilines is 1. The zero-order valence-corrected chi connectivity index (χ0v) is 12.7. The summed E-state index contributed by atoms with van der Waals surface area (Å²) in [5.74, 6) is 0. The van der Waals surface area contributed by atoms with Crippen molar-refractivity contribution in [3.05, 3.63) is 29.3 Å². The number of nitrogens with one attached hydrogen (secondary N) is 2. The van der Waals surface area contributed by atoms with E-state index in [4.69, 9.17) is 4.74 Å². The smallest absolute Gasteiger partial charge is 0.428 e. The molecule has 126 valence electrons. The third-order valence-corrected chi connectivity index (χ3v) is 3.15.